The lowest BCUT2D eigenvalue weighted by atomic mass is 10.2. The first-order chi connectivity index (χ1) is 7.33. The van der Waals surface area contributed by atoms with Crippen LogP contribution in [0.5, 0.6) is 0 Å². The smallest absolute Gasteiger partial charge is 0.410 e. The van der Waals surface area contributed by atoms with E-state index in [1.54, 1.807) is 4.90 Å². The van der Waals surface area contributed by atoms with Crippen LogP contribution in [0.2, 0.25) is 0 Å². The molecule has 0 aliphatic carbocycles. The van der Waals surface area contributed by atoms with Gasteiger partial charge >= 0.3 is 6.09 Å². The average molecular weight is 230 g/mol. The van der Waals surface area contributed by atoms with E-state index in [4.69, 9.17) is 15.2 Å². The second-order valence-corrected chi connectivity index (χ2v) is 5.17. The van der Waals surface area contributed by atoms with E-state index in [1.165, 1.54) is 0 Å². The molecule has 1 aliphatic rings. The summed E-state index contributed by atoms with van der Waals surface area (Å²) in [6.07, 6.45) is -0.370. The van der Waals surface area contributed by atoms with E-state index in [0.29, 0.717) is 19.7 Å². The largest absolute Gasteiger partial charge is 0.444 e. The highest BCUT2D eigenvalue weighted by Gasteiger charge is 2.31. The van der Waals surface area contributed by atoms with Gasteiger partial charge in [0.25, 0.3) is 0 Å². The Kier molecular flexibility index (Phi) is 4.15. The molecule has 1 saturated heterocycles. The number of carbonyl (C=O) groups excluding carboxylic acids is 1. The van der Waals surface area contributed by atoms with Crippen LogP contribution in [0.15, 0.2) is 0 Å². The first-order valence-electron chi connectivity index (χ1n) is 5.65. The van der Waals surface area contributed by atoms with Gasteiger partial charge in [-0.3, -0.25) is 0 Å². The van der Waals surface area contributed by atoms with Gasteiger partial charge in [-0.15, -0.1) is 0 Å². The van der Waals surface area contributed by atoms with Crippen molar-refractivity contribution in [3.8, 4) is 0 Å². The van der Waals surface area contributed by atoms with Crippen molar-refractivity contribution in [1.29, 1.82) is 0 Å². The average Bonchev–Trinajstić information content (AvgIpc) is 2.15. The molecule has 0 aromatic carbocycles. The number of amides is 1. The first kappa shape index (κ1) is 13.3. The van der Waals surface area contributed by atoms with Crippen molar-refractivity contribution in [1.82, 2.24) is 4.90 Å². The lowest BCUT2D eigenvalue weighted by molar-refractivity contribution is -0.0617. The molecular formula is C11H22N2O3. The van der Waals surface area contributed by atoms with Gasteiger partial charge < -0.3 is 20.1 Å². The van der Waals surface area contributed by atoms with E-state index >= 15 is 0 Å². The predicted molar refractivity (Wildman–Crippen MR) is 61.2 cm³/mol. The van der Waals surface area contributed by atoms with Gasteiger partial charge in [0.05, 0.1) is 25.3 Å². The number of nitrogens with zero attached hydrogens (tertiary/aromatic N) is 1. The normalized spacial score (nSPS) is 26.7. The molecule has 0 spiro atoms. The number of nitrogens with two attached hydrogens (primary N) is 1. The Hall–Kier alpha value is -0.810. The molecule has 1 amide bonds. The van der Waals surface area contributed by atoms with Gasteiger partial charge in [0.15, 0.2) is 0 Å². The topological polar surface area (TPSA) is 64.8 Å². The molecule has 0 unspecified atom stereocenters. The summed E-state index contributed by atoms with van der Waals surface area (Å²) in [4.78, 5) is 13.6. The maximum absolute atomic E-state index is 11.9. The summed E-state index contributed by atoms with van der Waals surface area (Å²) in [5.74, 6) is 0. The van der Waals surface area contributed by atoms with Crippen LogP contribution in [-0.4, -0.2) is 48.4 Å². The van der Waals surface area contributed by atoms with Crippen LogP contribution in [0.3, 0.4) is 0 Å². The molecular weight excluding hydrogens is 208 g/mol. The monoisotopic (exact) mass is 230 g/mol. The summed E-state index contributed by atoms with van der Waals surface area (Å²) in [5.41, 5.74) is 5.07. The highest BCUT2D eigenvalue weighted by atomic mass is 16.6. The summed E-state index contributed by atoms with van der Waals surface area (Å²) >= 11 is 0. The van der Waals surface area contributed by atoms with Gasteiger partial charge in [0.2, 0.25) is 0 Å². The Labute approximate surface area is 96.9 Å². The molecule has 1 aliphatic heterocycles. The van der Waals surface area contributed by atoms with Crippen LogP contribution < -0.4 is 5.73 Å². The molecule has 0 bridgehead atoms. The Bertz CT molecular complexity index is 250. The highest BCUT2D eigenvalue weighted by Crippen LogP contribution is 2.16. The van der Waals surface area contributed by atoms with Crippen LogP contribution in [0.4, 0.5) is 4.79 Å². The third-order valence-corrected chi connectivity index (χ3v) is 2.40. The zero-order chi connectivity index (χ0) is 12.3. The summed E-state index contributed by atoms with van der Waals surface area (Å²) in [6.45, 7) is 8.96. The first-order valence-corrected chi connectivity index (χ1v) is 5.65. The van der Waals surface area contributed by atoms with Crippen LogP contribution in [0.1, 0.15) is 27.7 Å². The molecule has 1 rings (SSSR count). The van der Waals surface area contributed by atoms with E-state index in [2.05, 4.69) is 0 Å². The van der Waals surface area contributed by atoms with Crippen molar-refractivity contribution in [3.63, 3.8) is 0 Å². The number of rotatable bonds is 1. The quantitative estimate of drug-likeness (QED) is 0.729. The maximum Gasteiger partial charge on any atom is 0.410 e. The lowest BCUT2D eigenvalue weighted by Crippen LogP contribution is -2.54. The molecule has 16 heavy (non-hydrogen) atoms. The van der Waals surface area contributed by atoms with Crippen molar-refractivity contribution >= 4 is 6.09 Å². The molecule has 5 nitrogen and oxygen atoms in total. The summed E-state index contributed by atoms with van der Waals surface area (Å²) in [6, 6.07) is 0.0395. The summed E-state index contributed by atoms with van der Waals surface area (Å²) < 4.78 is 10.8. The van der Waals surface area contributed by atoms with E-state index in [1.807, 2.05) is 27.7 Å². The minimum atomic E-state index is -0.465. The Morgan fingerprint density at radius 1 is 1.56 bits per heavy atom. The fourth-order valence-electron chi connectivity index (χ4n) is 1.53. The van der Waals surface area contributed by atoms with Gasteiger partial charge in [-0.05, 0) is 27.7 Å². The fraction of sp³-hybridized carbons (Fsp3) is 0.909. The molecule has 0 saturated carbocycles. The van der Waals surface area contributed by atoms with Gasteiger partial charge in [-0.2, -0.15) is 0 Å². The van der Waals surface area contributed by atoms with Crippen LogP contribution in [-0.2, 0) is 9.47 Å². The zero-order valence-corrected chi connectivity index (χ0v) is 10.5. The zero-order valence-electron chi connectivity index (χ0n) is 10.5. The Morgan fingerprint density at radius 3 is 2.69 bits per heavy atom. The minimum Gasteiger partial charge on any atom is -0.444 e. The third kappa shape index (κ3) is 3.64. The third-order valence-electron chi connectivity index (χ3n) is 2.40. The molecule has 0 aromatic heterocycles. The number of morpholine rings is 1. The highest BCUT2D eigenvalue weighted by molar-refractivity contribution is 5.68. The number of hydrogen-bond donors (Lipinski definition) is 1. The van der Waals surface area contributed by atoms with E-state index in [0.717, 1.165) is 0 Å². The molecule has 94 valence electrons. The van der Waals surface area contributed by atoms with E-state index in [-0.39, 0.29) is 18.2 Å². The Balaban J connectivity index is 2.59. The lowest BCUT2D eigenvalue weighted by Gasteiger charge is -2.38. The molecule has 2 atom stereocenters. The predicted octanol–water partition coefficient (Wildman–Crippen LogP) is 0.969. The molecule has 1 heterocycles. The fourth-order valence-corrected chi connectivity index (χ4v) is 1.53. The summed E-state index contributed by atoms with van der Waals surface area (Å²) in [7, 11) is 0. The molecule has 5 heteroatoms. The number of hydrogen-bond acceptors (Lipinski definition) is 4. The second kappa shape index (κ2) is 5.01. The molecule has 2 N–H and O–H groups in total. The minimum absolute atomic E-state index is 0.0395. The van der Waals surface area contributed by atoms with Crippen molar-refractivity contribution in [2.75, 3.05) is 19.7 Å². The van der Waals surface area contributed by atoms with Crippen LogP contribution in [0, 0.1) is 0 Å². The second-order valence-electron chi connectivity index (χ2n) is 5.17. The van der Waals surface area contributed by atoms with Crippen molar-refractivity contribution in [3.05, 3.63) is 0 Å². The van der Waals surface area contributed by atoms with Crippen molar-refractivity contribution in [2.24, 2.45) is 5.73 Å². The Morgan fingerprint density at radius 2 is 2.19 bits per heavy atom. The van der Waals surface area contributed by atoms with Crippen LogP contribution in [0.25, 0.3) is 0 Å². The number of ether oxygens (including phenoxy) is 2. The van der Waals surface area contributed by atoms with E-state index < -0.39 is 5.60 Å². The maximum atomic E-state index is 11.9. The van der Waals surface area contributed by atoms with Crippen LogP contribution >= 0.6 is 0 Å². The molecule has 0 radical (unpaired) electrons. The van der Waals surface area contributed by atoms with Crippen molar-refractivity contribution < 1.29 is 14.3 Å². The van der Waals surface area contributed by atoms with Gasteiger partial charge in [-0.25, -0.2) is 4.79 Å². The van der Waals surface area contributed by atoms with Gasteiger partial charge in [-0.1, -0.05) is 0 Å². The van der Waals surface area contributed by atoms with Crippen molar-refractivity contribution in [2.45, 2.75) is 45.4 Å². The van der Waals surface area contributed by atoms with Gasteiger partial charge in [0.1, 0.15) is 5.60 Å². The SMILES string of the molecule is C[C@@H]1CO[C@@H](CN)CN1C(=O)OC(C)(C)C. The standard InChI is InChI=1S/C11H22N2O3/c1-8-7-15-9(5-12)6-13(8)10(14)16-11(2,3)4/h8-9H,5-7,12H2,1-4H3/t8-,9+/m1/s1. The summed E-state index contributed by atoms with van der Waals surface area (Å²) in [5, 5.41) is 0. The van der Waals surface area contributed by atoms with E-state index in [9.17, 15) is 4.79 Å². The molecule has 0 aromatic rings. The number of carbonyl (C=O) groups is 1. The molecule has 1 fully saturated rings. The van der Waals surface area contributed by atoms with Gasteiger partial charge in [0, 0.05) is 6.54 Å².